The number of nitrogens with zero attached hydrogens (tertiary/aromatic N) is 5. The van der Waals surface area contributed by atoms with Gasteiger partial charge in [-0.1, -0.05) is 127 Å². The molecule has 0 aliphatic rings. The summed E-state index contributed by atoms with van der Waals surface area (Å²) in [5, 5.41) is 11.4. The number of fused-ring (bicyclic) bond motifs is 2. The van der Waals surface area contributed by atoms with Gasteiger partial charge in [0.25, 0.3) is 0 Å². The number of benzene rings is 8. The standard InChI is InChI=1S/C43H25N5/c1-2-10-29(11-3-1)40-46-41(35-23-21-28-19-18-26-12-8-13-27-20-22-34(35)37(28)36(26)27)48-43(47-40)39-32-16-6-4-14-30(32)38(42-44-24-9-25-45-42)31-15-5-7-17-33(31)39/h1-25H. The lowest BCUT2D eigenvalue weighted by atomic mass is 9.90. The summed E-state index contributed by atoms with van der Waals surface area (Å²) in [6, 6.07) is 48.5. The van der Waals surface area contributed by atoms with Crippen LogP contribution in [0.5, 0.6) is 0 Å². The van der Waals surface area contributed by atoms with E-state index in [9.17, 15) is 0 Å². The van der Waals surface area contributed by atoms with Crippen LogP contribution >= 0.6 is 0 Å². The Labute approximate surface area is 275 Å². The van der Waals surface area contributed by atoms with Crippen LogP contribution in [0.15, 0.2) is 152 Å². The summed E-state index contributed by atoms with van der Waals surface area (Å²) < 4.78 is 0. The van der Waals surface area contributed by atoms with Gasteiger partial charge in [-0.15, -0.1) is 0 Å². The van der Waals surface area contributed by atoms with Crippen LogP contribution in [0.4, 0.5) is 0 Å². The summed E-state index contributed by atoms with van der Waals surface area (Å²) in [4.78, 5) is 25.0. The summed E-state index contributed by atoms with van der Waals surface area (Å²) in [5.41, 5.74) is 3.86. The van der Waals surface area contributed by atoms with E-state index in [1.165, 1.54) is 26.9 Å². The second kappa shape index (κ2) is 10.5. The van der Waals surface area contributed by atoms with Crippen LogP contribution in [0.1, 0.15) is 0 Å². The van der Waals surface area contributed by atoms with E-state index < -0.39 is 0 Å². The van der Waals surface area contributed by atoms with Crippen molar-refractivity contribution in [3.8, 4) is 45.6 Å². The number of hydrogen-bond acceptors (Lipinski definition) is 5. The van der Waals surface area contributed by atoms with E-state index >= 15 is 0 Å². The van der Waals surface area contributed by atoms with Crippen LogP contribution in [-0.4, -0.2) is 24.9 Å². The molecule has 2 heterocycles. The van der Waals surface area contributed by atoms with Gasteiger partial charge in [0.2, 0.25) is 0 Å². The van der Waals surface area contributed by atoms with E-state index in [4.69, 9.17) is 15.0 Å². The van der Waals surface area contributed by atoms with E-state index in [2.05, 4.69) is 125 Å². The third kappa shape index (κ3) is 4.01. The zero-order valence-electron chi connectivity index (χ0n) is 25.7. The van der Waals surface area contributed by atoms with Gasteiger partial charge in [0.15, 0.2) is 23.3 Å². The monoisotopic (exact) mass is 611 g/mol. The van der Waals surface area contributed by atoms with E-state index in [-0.39, 0.29) is 0 Å². The van der Waals surface area contributed by atoms with Crippen molar-refractivity contribution < 1.29 is 0 Å². The highest BCUT2D eigenvalue weighted by Gasteiger charge is 2.22. The Balaban J connectivity index is 1.32. The second-order valence-electron chi connectivity index (χ2n) is 12.1. The quantitative estimate of drug-likeness (QED) is 0.146. The minimum atomic E-state index is 0.623. The van der Waals surface area contributed by atoms with Crippen molar-refractivity contribution in [1.82, 2.24) is 24.9 Å². The Hall–Kier alpha value is -6.59. The first-order valence-corrected chi connectivity index (χ1v) is 16.0. The van der Waals surface area contributed by atoms with Crippen LogP contribution in [-0.2, 0) is 0 Å². The molecule has 10 aromatic rings. The molecule has 0 spiro atoms. The van der Waals surface area contributed by atoms with Gasteiger partial charge in [0.05, 0.1) is 0 Å². The summed E-state index contributed by atoms with van der Waals surface area (Å²) in [6.45, 7) is 0. The SMILES string of the molecule is c1ccc(-c2nc(-c3c4ccccc4c(-c4ncccn4)c4ccccc34)nc(-c3ccc4ccc5cccc6ccc3c4c56)n2)cc1. The molecule has 0 radical (unpaired) electrons. The maximum Gasteiger partial charge on any atom is 0.165 e. The average molecular weight is 612 g/mol. The van der Waals surface area contributed by atoms with Crippen molar-refractivity contribution in [3.05, 3.63) is 152 Å². The fraction of sp³-hybridized carbons (Fsp3) is 0. The fourth-order valence-corrected chi connectivity index (χ4v) is 7.29. The maximum absolute atomic E-state index is 5.33. The Morgan fingerprint density at radius 3 is 1.50 bits per heavy atom. The Bertz CT molecular complexity index is 2760. The third-order valence-corrected chi connectivity index (χ3v) is 9.38. The van der Waals surface area contributed by atoms with Crippen LogP contribution in [0.2, 0.25) is 0 Å². The lowest BCUT2D eigenvalue weighted by Gasteiger charge is -2.17. The van der Waals surface area contributed by atoms with Crippen LogP contribution < -0.4 is 0 Å². The largest absolute Gasteiger partial charge is 0.237 e. The molecule has 0 N–H and O–H groups in total. The Morgan fingerprint density at radius 2 is 0.833 bits per heavy atom. The molecule has 10 rings (SSSR count). The first kappa shape index (κ1) is 26.6. The molecule has 2 aromatic heterocycles. The lowest BCUT2D eigenvalue weighted by Crippen LogP contribution is -2.02. The zero-order valence-corrected chi connectivity index (χ0v) is 25.7. The molecule has 0 unspecified atom stereocenters. The van der Waals surface area contributed by atoms with Crippen molar-refractivity contribution in [2.75, 3.05) is 0 Å². The third-order valence-electron chi connectivity index (χ3n) is 9.38. The van der Waals surface area contributed by atoms with Crippen molar-refractivity contribution in [3.63, 3.8) is 0 Å². The molecule has 0 amide bonds. The van der Waals surface area contributed by atoms with Crippen molar-refractivity contribution in [1.29, 1.82) is 0 Å². The molecule has 0 fully saturated rings. The molecule has 8 aromatic carbocycles. The lowest BCUT2D eigenvalue weighted by molar-refractivity contribution is 1.08. The molecular formula is C43H25N5. The molecule has 0 aliphatic heterocycles. The highest BCUT2D eigenvalue weighted by atomic mass is 15.0. The van der Waals surface area contributed by atoms with Crippen molar-refractivity contribution in [2.24, 2.45) is 0 Å². The van der Waals surface area contributed by atoms with Crippen molar-refractivity contribution >= 4 is 53.9 Å². The predicted octanol–water partition coefficient (Wildman–Crippen LogP) is 10.5. The highest BCUT2D eigenvalue weighted by molar-refractivity contribution is 6.25. The van der Waals surface area contributed by atoms with Crippen LogP contribution in [0.25, 0.3) is 99.4 Å². The summed E-state index contributed by atoms with van der Waals surface area (Å²) in [6.07, 6.45) is 3.58. The molecule has 0 saturated heterocycles. The molecule has 5 heteroatoms. The molecule has 222 valence electrons. The normalized spacial score (nSPS) is 11.8. The number of hydrogen-bond donors (Lipinski definition) is 0. The number of aromatic nitrogens is 5. The molecule has 48 heavy (non-hydrogen) atoms. The smallest absolute Gasteiger partial charge is 0.165 e. The minimum Gasteiger partial charge on any atom is -0.237 e. The highest BCUT2D eigenvalue weighted by Crippen LogP contribution is 2.43. The van der Waals surface area contributed by atoms with Gasteiger partial charge >= 0.3 is 0 Å². The topological polar surface area (TPSA) is 64.5 Å². The van der Waals surface area contributed by atoms with Crippen LogP contribution in [0, 0.1) is 0 Å². The molecule has 0 saturated carbocycles. The van der Waals surface area contributed by atoms with E-state index in [1.807, 2.05) is 24.3 Å². The fourth-order valence-electron chi connectivity index (χ4n) is 7.29. The maximum atomic E-state index is 5.33. The molecule has 5 nitrogen and oxygen atoms in total. The second-order valence-corrected chi connectivity index (χ2v) is 12.1. The Kier molecular flexibility index (Phi) is 5.81. The Morgan fingerprint density at radius 1 is 0.312 bits per heavy atom. The van der Waals surface area contributed by atoms with Gasteiger partial charge in [0.1, 0.15) is 0 Å². The van der Waals surface area contributed by atoms with Gasteiger partial charge in [-0.25, -0.2) is 24.9 Å². The molecule has 0 bridgehead atoms. The summed E-state index contributed by atoms with van der Waals surface area (Å²) >= 11 is 0. The summed E-state index contributed by atoms with van der Waals surface area (Å²) in [5.74, 6) is 2.58. The van der Waals surface area contributed by atoms with E-state index in [1.54, 1.807) is 12.4 Å². The molecule has 0 atom stereocenters. The molecular weight excluding hydrogens is 587 g/mol. The van der Waals surface area contributed by atoms with Gasteiger partial charge in [0, 0.05) is 34.6 Å². The van der Waals surface area contributed by atoms with E-state index in [0.29, 0.717) is 23.3 Å². The van der Waals surface area contributed by atoms with Gasteiger partial charge in [-0.3, -0.25) is 0 Å². The molecule has 0 aliphatic carbocycles. The zero-order chi connectivity index (χ0) is 31.6. The van der Waals surface area contributed by atoms with Gasteiger partial charge in [-0.2, -0.15) is 0 Å². The van der Waals surface area contributed by atoms with E-state index in [0.717, 1.165) is 49.2 Å². The predicted molar refractivity (Wildman–Crippen MR) is 196 cm³/mol. The van der Waals surface area contributed by atoms with Gasteiger partial charge < -0.3 is 0 Å². The minimum absolute atomic E-state index is 0.623. The summed E-state index contributed by atoms with van der Waals surface area (Å²) in [7, 11) is 0. The van der Waals surface area contributed by atoms with Crippen LogP contribution in [0.3, 0.4) is 0 Å². The first-order chi connectivity index (χ1) is 23.8. The average Bonchev–Trinajstić information content (AvgIpc) is 3.16. The number of rotatable bonds is 4. The van der Waals surface area contributed by atoms with Gasteiger partial charge in [-0.05, 0) is 66.0 Å². The first-order valence-electron chi connectivity index (χ1n) is 16.0. The van der Waals surface area contributed by atoms with Crippen molar-refractivity contribution in [2.45, 2.75) is 0 Å².